The summed E-state index contributed by atoms with van der Waals surface area (Å²) in [4.78, 5) is 4.40. The van der Waals surface area contributed by atoms with E-state index in [1.54, 1.807) is 6.07 Å². The van der Waals surface area contributed by atoms with Gasteiger partial charge in [0.05, 0.1) is 28.4 Å². The highest BCUT2D eigenvalue weighted by Crippen LogP contribution is 2.53. The minimum atomic E-state index is -0.345. The second-order valence-corrected chi connectivity index (χ2v) is 8.52. The number of para-hydroxylation sites is 1. The van der Waals surface area contributed by atoms with Crippen LogP contribution in [0.3, 0.4) is 0 Å². The Balaban J connectivity index is 1.46. The maximum absolute atomic E-state index is 6.42. The summed E-state index contributed by atoms with van der Waals surface area (Å²) in [7, 11) is 0. The largest absolute Gasteiger partial charge is 0.490 e. The molecule has 0 unspecified atom stereocenters. The predicted octanol–water partition coefficient (Wildman–Crippen LogP) is 6.80. The van der Waals surface area contributed by atoms with E-state index in [0.29, 0.717) is 22.8 Å². The molecule has 5 rings (SSSR count). The molecule has 3 aromatic rings. The number of nitrogens with zero attached hydrogens (tertiary/aromatic N) is 1. The third-order valence-electron chi connectivity index (χ3n) is 5.55. The van der Waals surface area contributed by atoms with Crippen molar-refractivity contribution >= 4 is 23.2 Å². The first kappa shape index (κ1) is 18.9. The molecule has 2 aliphatic rings. The molecule has 2 aromatic carbocycles. The van der Waals surface area contributed by atoms with Crippen molar-refractivity contribution in [1.82, 2.24) is 4.98 Å². The van der Waals surface area contributed by atoms with Crippen LogP contribution in [0.15, 0.2) is 60.9 Å². The van der Waals surface area contributed by atoms with Gasteiger partial charge >= 0.3 is 0 Å². The van der Waals surface area contributed by atoms with Gasteiger partial charge in [0.25, 0.3) is 0 Å². The summed E-state index contributed by atoms with van der Waals surface area (Å²) in [6.45, 7) is 0.411. The maximum Gasteiger partial charge on any atom is 0.127 e. The first-order chi connectivity index (χ1) is 14.2. The molecule has 0 atom stereocenters. The monoisotopic (exact) mass is 425 g/mol. The average molecular weight is 426 g/mol. The number of hydrogen-bond acceptors (Lipinski definition) is 3. The molecule has 0 radical (unpaired) electrons. The van der Waals surface area contributed by atoms with Gasteiger partial charge in [-0.15, -0.1) is 0 Å². The van der Waals surface area contributed by atoms with Gasteiger partial charge in [-0.3, -0.25) is 4.98 Å². The lowest BCUT2D eigenvalue weighted by atomic mass is 9.96. The molecular formula is C24H21Cl2NO2. The van der Waals surface area contributed by atoms with Crippen molar-refractivity contribution < 1.29 is 9.47 Å². The topological polar surface area (TPSA) is 31.4 Å². The van der Waals surface area contributed by atoms with Crippen LogP contribution in [0.2, 0.25) is 10.0 Å². The van der Waals surface area contributed by atoms with E-state index in [-0.39, 0.29) is 5.60 Å². The highest BCUT2D eigenvalue weighted by molar-refractivity contribution is 6.42. The van der Waals surface area contributed by atoms with E-state index >= 15 is 0 Å². The second kappa shape index (κ2) is 7.64. The molecule has 0 amide bonds. The molecular weight excluding hydrogens is 405 g/mol. The summed E-state index contributed by atoms with van der Waals surface area (Å²) in [6, 6.07) is 15.9. The Bertz CT molecular complexity index is 1040. The van der Waals surface area contributed by atoms with Crippen molar-refractivity contribution in [1.29, 1.82) is 0 Å². The Morgan fingerprint density at radius 1 is 0.966 bits per heavy atom. The Labute approximate surface area is 180 Å². The van der Waals surface area contributed by atoms with Crippen LogP contribution in [0.5, 0.6) is 5.75 Å². The molecule has 1 heterocycles. The van der Waals surface area contributed by atoms with Crippen LogP contribution in [0.1, 0.15) is 36.8 Å². The van der Waals surface area contributed by atoms with Crippen molar-refractivity contribution in [2.45, 2.75) is 44.0 Å². The summed E-state index contributed by atoms with van der Waals surface area (Å²) in [5.41, 5.74) is 3.86. The zero-order valence-electron chi connectivity index (χ0n) is 15.9. The number of aromatic nitrogens is 1. The minimum absolute atomic E-state index is 0.345. The average Bonchev–Trinajstić information content (AvgIpc) is 3.66. The zero-order chi connectivity index (χ0) is 19.8. The molecule has 3 nitrogen and oxygen atoms in total. The van der Waals surface area contributed by atoms with Gasteiger partial charge in [-0.1, -0.05) is 53.5 Å². The van der Waals surface area contributed by atoms with E-state index in [0.717, 1.165) is 53.7 Å². The van der Waals surface area contributed by atoms with E-state index < -0.39 is 0 Å². The second-order valence-electron chi connectivity index (χ2n) is 7.73. The summed E-state index contributed by atoms with van der Waals surface area (Å²) in [5.74, 6) is 0.927. The molecule has 2 fully saturated rings. The fourth-order valence-electron chi connectivity index (χ4n) is 3.63. The van der Waals surface area contributed by atoms with Gasteiger partial charge in [-0.05, 0) is 55.0 Å². The van der Waals surface area contributed by atoms with Crippen LogP contribution in [0.4, 0.5) is 0 Å². The van der Waals surface area contributed by atoms with Crippen LogP contribution in [0.25, 0.3) is 11.1 Å². The number of ether oxygens (including phenoxy) is 2. The van der Waals surface area contributed by atoms with E-state index in [1.165, 1.54) is 0 Å². The predicted molar refractivity (Wildman–Crippen MR) is 115 cm³/mol. The lowest BCUT2D eigenvalue weighted by Crippen LogP contribution is -2.14. The molecule has 5 heteroatoms. The van der Waals surface area contributed by atoms with E-state index in [2.05, 4.69) is 17.1 Å². The van der Waals surface area contributed by atoms with Crippen molar-refractivity contribution in [2.24, 2.45) is 0 Å². The van der Waals surface area contributed by atoms with Crippen LogP contribution < -0.4 is 4.74 Å². The van der Waals surface area contributed by atoms with Gasteiger partial charge in [-0.2, -0.15) is 0 Å². The summed E-state index contributed by atoms with van der Waals surface area (Å²) < 4.78 is 12.6. The fraction of sp³-hybridized carbons (Fsp3) is 0.292. The Kier molecular flexibility index (Phi) is 4.99. The smallest absolute Gasteiger partial charge is 0.127 e. The van der Waals surface area contributed by atoms with Gasteiger partial charge in [0, 0.05) is 23.5 Å². The van der Waals surface area contributed by atoms with Crippen molar-refractivity contribution in [2.75, 3.05) is 0 Å². The van der Waals surface area contributed by atoms with Crippen LogP contribution in [0, 0.1) is 0 Å². The molecule has 0 saturated heterocycles. The summed E-state index contributed by atoms with van der Waals surface area (Å²) in [6.07, 6.45) is 8.27. The summed E-state index contributed by atoms with van der Waals surface area (Å²) in [5, 5.41) is 1.10. The number of pyridine rings is 1. The van der Waals surface area contributed by atoms with Crippen molar-refractivity contribution in [3.05, 3.63) is 82.1 Å². The van der Waals surface area contributed by atoms with Crippen molar-refractivity contribution in [3.8, 4) is 16.9 Å². The van der Waals surface area contributed by atoms with Gasteiger partial charge in [0.1, 0.15) is 5.75 Å². The Morgan fingerprint density at radius 2 is 1.79 bits per heavy atom. The third kappa shape index (κ3) is 3.87. The van der Waals surface area contributed by atoms with Crippen LogP contribution >= 0.6 is 23.2 Å². The van der Waals surface area contributed by atoms with Crippen LogP contribution in [-0.4, -0.2) is 11.1 Å². The molecule has 0 bridgehead atoms. The molecule has 2 aliphatic carbocycles. The van der Waals surface area contributed by atoms with Gasteiger partial charge in [0.2, 0.25) is 0 Å². The SMILES string of the molecule is Clc1cccc(COC2(c3cnccc3-c3ccccc3OC3CC3)CC2)c1Cl. The van der Waals surface area contributed by atoms with Gasteiger partial charge < -0.3 is 9.47 Å². The number of hydrogen-bond donors (Lipinski definition) is 0. The Hall–Kier alpha value is -2.07. The molecule has 148 valence electrons. The highest BCUT2D eigenvalue weighted by Gasteiger charge is 2.47. The molecule has 2 saturated carbocycles. The fourth-order valence-corrected chi connectivity index (χ4v) is 4.01. The molecule has 0 spiro atoms. The first-order valence-electron chi connectivity index (χ1n) is 9.94. The van der Waals surface area contributed by atoms with Gasteiger partial charge in [0.15, 0.2) is 0 Å². The standard InChI is InChI=1S/C24H21Cl2NO2/c25-21-6-3-4-16(23(21)26)15-28-24(11-12-24)20-14-27-13-10-18(20)19-5-1-2-7-22(19)29-17-8-9-17/h1-7,10,13-14,17H,8-9,11-12,15H2. The van der Waals surface area contributed by atoms with Crippen LogP contribution in [-0.2, 0) is 16.9 Å². The molecule has 0 N–H and O–H groups in total. The minimum Gasteiger partial charge on any atom is -0.490 e. The molecule has 29 heavy (non-hydrogen) atoms. The first-order valence-corrected chi connectivity index (χ1v) is 10.7. The number of rotatable bonds is 7. The van der Waals surface area contributed by atoms with E-state index in [1.807, 2.05) is 42.7 Å². The number of benzene rings is 2. The third-order valence-corrected chi connectivity index (χ3v) is 6.40. The van der Waals surface area contributed by atoms with E-state index in [9.17, 15) is 0 Å². The Morgan fingerprint density at radius 3 is 2.59 bits per heavy atom. The lowest BCUT2D eigenvalue weighted by molar-refractivity contribution is 0.0174. The number of halogens is 2. The molecule has 1 aromatic heterocycles. The van der Waals surface area contributed by atoms with E-state index in [4.69, 9.17) is 32.7 Å². The highest BCUT2D eigenvalue weighted by atomic mass is 35.5. The quantitative estimate of drug-likeness (QED) is 0.416. The molecule has 0 aliphatic heterocycles. The zero-order valence-corrected chi connectivity index (χ0v) is 17.4. The lowest BCUT2D eigenvalue weighted by Gasteiger charge is -2.22. The maximum atomic E-state index is 6.42. The van der Waals surface area contributed by atoms with Crippen molar-refractivity contribution in [3.63, 3.8) is 0 Å². The van der Waals surface area contributed by atoms with Gasteiger partial charge in [-0.25, -0.2) is 0 Å². The normalized spacial score (nSPS) is 17.2. The summed E-state index contributed by atoms with van der Waals surface area (Å²) >= 11 is 12.5.